The zero-order valence-corrected chi connectivity index (χ0v) is 23.2. The molecule has 2 aromatic carbocycles. The molecule has 3 fully saturated rings. The van der Waals surface area contributed by atoms with Gasteiger partial charge in [-0.05, 0) is 66.6 Å². The van der Waals surface area contributed by atoms with Crippen molar-refractivity contribution in [2.75, 3.05) is 20.2 Å². The Morgan fingerprint density at radius 1 is 1.22 bits per heavy atom. The molecule has 2 aromatic heterocycles. The van der Waals surface area contributed by atoms with Crippen molar-refractivity contribution in [2.45, 2.75) is 44.1 Å². The van der Waals surface area contributed by atoms with Crippen LogP contribution >= 0.6 is 0 Å². The van der Waals surface area contributed by atoms with Crippen molar-refractivity contribution in [3.8, 4) is 5.75 Å². The third-order valence-corrected chi connectivity index (χ3v) is 8.64. The Morgan fingerprint density at radius 3 is 2.80 bits per heavy atom. The summed E-state index contributed by atoms with van der Waals surface area (Å²) < 4.78 is 13.7. The molecule has 0 spiro atoms. The maximum absolute atomic E-state index is 12.1. The van der Waals surface area contributed by atoms with Crippen LogP contribution in [-0.2, 0) is 22.6 Å². The number of rotatable bonds is 11. The standard InChI is InChI=1S/C32H35N5O4/c1-3-22-18-36-14-12-23(22)16-29(36)31(26-11-13-33-28-10-9-25(40-2)17-27(26)28)41-20-24-19-37(35-34-24)30(32(38)39)15-21-7-5-4-6-8-21/h3-11,13,17,19,22-23,29-31H,1,12,14-16,18,20H2,2H3,(H,38,39)/t22-,23-,29+,30-,31+/m0/s1. The number of ether oxygens (including phenoxy) is 2. The summed E-state index contributed by atoms with van der Waals surface area (Å²) >= 11 is 0. The largest absolute Gasteiger partial charge is 0.497 e. The smallest absolute Gasteiger partial charge is 0.328 e. The second-order valence-corrected chi connectivity index (χ2v) is 11.0. The van der Waals surface area contributed by atoms with Crippen molar-refractivity contribution in [3.63, 3.8) is 0 Å². The summed E-state index contributed by atoms with van der Waals surface area (Å²) in [5, 5.41) is 19.4. The molecule has 1 N–H and O–H groups in total. The van der Waals surface area contributed by atoms with Gasteiger partial charge in [-0.3, -0.25) is 9.88 Å². The predicted molar refractivity (Wildman–Crippen MR) is 154 cm³/mol. The van der Waals surface area contributed by atoms with Gasteiger partial charge in [-0.15, -0.1) is 11.7 Å². The molecule has 3 aliphatic rings. The number of piperidine rings is 3. The Hall–Kier alpha value is -4.08. The van der Waals surface area contributed by atoms with Crippen LogP contribution in [0.5, 0.6) is 5.75 Å². The van der Waals surface area contributed by atoms with E-state index >= 15 is 0 Å². The number of carbonyl (C=O) groups is 1. The molecule has 3 saturated heterocycles. The Morgan fingerprint density at radius 2 is 2.07 bits per heavy atom. The minimum absolute atomic E-state index is 0.182. The molecule has 5 heterocycles. The minimum Gasteiger partial charge on any atom is -0.497 e. The summed E-state index contributed by atoms with van der Waals surface area (Å²) in [6.45, 7) is 6.29. The van der Waals surface area contributed by atoms with E-state index in [1.807, 2.05) is 60.8 Å². The highest BCUT2D eigenvalue weighted by atomic mass is 16.5. The van der Waals surface area contributed by atoms with Crippen LogP contribution < -0.4 is 4.74 Å². The Bertz CT molecular complexity index is 1520. The molecular formula is C32H35N5O4. The first-order valence-corrected chi connectivity index (χ1v) is 14.1. The molecule has 3 aliphatic heterocycles. The Balaban J connectivity index is 1.29. The molecule has 1 unspecified atom stereocenters. The van der Waals surface area contributed by atoms with Crippen molar-refractivity contribution in [3.05, 3.63) is 96.5 Å². The normalized spacial score (nSPS) is 23.2. The molecule has 9 heteroatoms. The molecule has 212 valence electrons. The lowest BCUT2D eigenvalue weighted by molar-refractivity contribution is -0.141. The van der Waals surface area contributed by atoms with E-state index in [1.54, 1.807) is 13.3 Å². The highest BCUT2D eigenvalue weighted by Crippen LogP contribution is 2.44. The SMILES string of the molecule is C=C[C@H]1CN2CC[C@H]1C[C@@H]2[C@H](OCc1cn([C@@H](Cc2ccccc2)C(=O)O)nn1)c1ccnc2ccc(OC)cc12. The lowest BCUT2D eigenvalue weighted by Crippen LogP contribution is -2.55. The molecule has 7 rings (SSSR count). The Labute approximate surface area is 239 Å². The van der Waals surface area contributed by atoms with Gasteiger partial charge in [0, 0.05) is 30.6 Å². The van der Waals surface area contributed by atoms with E-state index in [9.17, 15) is 9.90 Å². The van der Waals surface area contributed by atoms with E-state index in [0.717, 1.165) is 53.7 Å². The number of carboxylic acids is 1. The number of hydrogen-bond donors (Lipinski definition) is 1. The van der Waals surface area contributed by atoms with Crippen LogP contribution in [-0.4, -0.2) is 62.2 Å². The summed E-state index contributed by atoms with van der Waals surface area (Å²) in [6, 6.07) is 16.8. The lowest BCUT2D eigenvalue weighted by Gasteiger charge is -2.51. The van der Waals surface area contributed by atoms with Crippen LogP contribution in [0.15, 0.2) is 79.6 Å². The molecule has 2 bridgehead atoms. The molecule has 0 aliphatic carbocycles. The monoisotopic (exact) mass is 553 g/mol. The topological polar surface area (TPSA) is 103 Å². The molecule has 41 heavy (non-hydrogen) atoms. The molecule has 9 nitrogen and oxygen atoms in total. The highest BCUT2D eigenvalue weighted by molar-refractivity contribution is 5.84. The first-order valence-electron chi connectivity index (χ1n) is 14.1. The minimum atomic E-state index is -0.955. The summed E-state index contributed by atoms with van der Waals surface area (Å²) in [7, 11) is 1.66. The molecule has 0 amide bonds. The van der Waals surface area contributed by atoms with Crippen molar-refractivity contribution in [1.82, 2.24) is 24.9 Å². The summed E-state index contributed by atoms with van der Waals surface area (Å²) in [5.41, 5.74) is 3.45. The van der Waals surface area contributed by atoms with Crippen molar-refractivity contribution in [2.24, 2.45) is 11.8 Å². The van der Waals surface area contributed by atoms with Gasteiger partial charge >= 0.3 is 5.97 Å². The van der Waals surface area contributed by atoms with E-state index in [4.69, 9.17) is 9.47 Å². The number of methoxy groups -OCH3 is 1. The fourth-order valence-corrected chi connectivity index (χ4v) is 6.46. The second-order valence-electron chi connectivity index (χ2n) is 11.0. The van der Waals surface area contributed by atoms with Crippen LogP contribution in [0.1, 0.15) is 41.8 Å². The molecular weight excluding hydrogens is 518 g/mol. The maximum Gasteiger partial charge on any atom is 0.328 e. The van der Waals surface area contributed by atoms with E-state index < -0.39 is 12.0 Å². The first-order chi connectivity index (χ1) is 20.0. The number of nitrogens with zero attached hydrogens (tertiary/aromatic N) is 5. The maximum atomic E-state index is 12.1. The van der Waals surface area contributed by atoms with Crippen molar-refractivity contribution >= 4 is 16.9 Å². The molecule has 6 atom stereocenters. The summed E-state index contributed by atoms with van der Waals surface area (Å²) in [5.74, 6) is 0.881. The predicted octanol–water partition coefficient (Wildman–Crippen LogP) is 4.86. The van der Waals surface area contributed by atoms with Crippen molar-refractivity contribution < 1.29 is 19.4 Å². The third kappa shape index (κ3) is 5.60. The van der Waals surface area contributed by atoms with Gasteiger partial charge in [0.05, 0.1) is 31.5 Å². The van der Waals surface area contributed by atoms with Crippen LogP contribution in [0.2, 0.25) is 0 Å². The van der Waals surface area contributed by atoms with Gasteiger partial charge in [0.25, 0.3) is 0 Å². The fourth-order valence-electron chi connectivity index (χ4n) is 6.46. The van der Waals surface area contributed by atoms with Gasteiger partial charge in [0.15, 0.2) is 6.04 Å². The number of aromatic nitrogens is 4. The average molecular weight is 554 g/mol. The summed E-state index contributed by atoms with van der Waals surface area (Å²) in [4.78, 5) is 19.2. The second kappa shape index (κ2) is 11.8. The van der Waals surface area contributed by atoms with E-state index in [0.29, 0.717) is 24.0 Å². The quantitative estimate of drug-likeness (QED) is 0.263. The van der Waals surface area contributed by atoms with Gasteiger partial charge < -0.3 is 14.6 Å². The average Bonchev–Trinajstić information content (AvgIpc) is 3.49. The number of carboxylic acid groups (broad SMARTS) is 1. The van der Waals surface area contributed by atoms with Crippen LogP contribution in [0, 0.1) is 11.8 Å². The number of benzene rings is 2. The molecule has 4 aromatic rings. The first kappa shape index (κ1) is 27.1. The van der Waals surface area contributed by atoms with Gasteiger partial charge in [0.2, 0.25) is 0 Å². The molecule has 0 saturated carbocycles. The number of pyridine rings is 1. The van der Waals surface area contributed by atoms with Gasteiger partial charge in [-0.2, -0.15) is 0 Å². The fraction of sp³-hybridized carbons (Fsp3) is 0.375. The zero-order valence-electron chi connectivity index (χ0n) is 23.2. The number of fused-ring (bicyclic) bond motifs is 4. The van der Waals surface area contributed by atoms with Crippen molar-refractivity contribution in [1.29, 1.82) is 0 Å². The number of aliphatic carboxylic acids is 1. The highest BCUT2D eigenvalue weighted by Gasteiger charge is 2.43. The molecule has 0 radical (unpaired) electrons. The lowest BCUT2D eigenvalue weighted by atomic mass is 9.73. The Kier molecular flexibility index (Phi) is 7.80. The van der Waals surface area contributed by atoms with Crippen LogP contribution in [0.4, 0.5) is 0 Å². The van der Waals surface area contributed by atoms with Crippen LogP contribution in [0.25, 0.3) is 10.9 Å². The van der Waals surface area contributed by atoms with E-state index in [-0.39, 0.29) is 18.8 Å². The zero-order chi connectivity index (χ0) is 28.3. The van der Waals surface area contributed by atoms with Gasteiger partial charge in [-0.25, -0.2) is 9.48 Å². The van der Waals surface area contributed by atoms with E-state index in [1.165, 1.54) is 4.68 Å². The van der Waals surface area contributed by atoms with Crippen LogP contribution in [0.3, 0.4) is 0 Å². The van der Waals surface area contributed by atoms with Gasteiger partial charge in [-0.1, -0.05) is 41.6 Å². The number of hydrogen-bond acceptors (Lipinski definition) is 7. The third-order valence-electron chi connectivity index (χ3n) is 8.64. The van der Waals surface area contributed by atoms with Gasteiger partial charge in [0.1, 0.15) is 11.4 Å². The van der Waals surface area contributed by atoms with E-state index in [2.05, 4.69) is 32.9 Å². The summed E-state index contributed by atoms with van der Waals surface area (Å²) in [6.07, 6.45) is 7.87.